The molecule has 0 fully saturated rings. The van der Waals surface area contributed by atoms with E-state index in [0.29, 0.717) is 17.9 Å². The number of hydrogen-bond acceptors (Lipinski definition) is 5. The summed E-state index contributed by atoms with van der Waals surface area (Å²) >= 11 is 0. The van der Waals surface area contributed by atoms with Gasteiger partial charge in [0.1, 0.15) is 11.6 Å². The Hall–Kier alpha value is -1.76. The average molecular weight is 311 g/mol. The van der Waals surface area contributed by atoms with E-state index in [2.05, 4.69) is 15.0 Å². The molecule has 0 bridgehead atoms. The summed E-state index contributed by atoms with van der Waals surface area (Å²) in [5, 5.41) is 3.23. The predicted octanol–water partition coefficient (Wildman–Crippen LogP) is 1.31. The Morgan fingerprint density at radius 2 is 2.19 bits per heavy atom. The van der Waals surface area contributed by atoms with E-state index in [1.807, 2.05) is 13.0 Å². The number of nitrogens with zero attached hydrogens (tertiary/aromatic N) is 1. The molecule has 1 aliphatic rings. The van der Waals surface area contributed by atoms with Gasteiger partial charge in [0.15, 0.2) is 0 Å². The average Bonchev–Trinajstić information content (AvgIpc) is 2.95. The number of methoxy groups -OCH3 is 1. The maximum absolute atomic E-state index is 11.7. The molecule has 2 N–H and O–H groups in total. The molecule has 0 saturated heterocycles. The molecule has 0 unspecified atom stereocenters. The minimum absolute atomic E-state index is 0.0255. The van der Waals surface area contributed by atoms with Gasteiger partial charge in [-0.25, -0.2) is 8.42 Å². The number of anilines is 1. The van der Waals surface area contributed by atoms with Crippen molar-refractivity contribution in [1.29, 1.82) is 0 Å². The normalized spacial score (nSPS) is 14.5. The van der Waals surface area contributed by atoms with E-state index >= 15 is 0 Å². The van der Waals surface area contributed by atoms with Crippen LogP contribution >= 0.6 is 0 Å². The van der Waals surface area contributed by atoms with E-state index in [0.717, 1.165) is 30.1 Å². The fourth-order valence-corrected chi connectivity index (χ4v) is 2.89. The number of benzene rings is 1. The number of sulfonamides is 1. The molecule has 1 heterocycles. The quantitative estimate of drug-likeness (QED) is 0.830. The maximum Gasteiger partial charge on any atom is 0.232 e. The zero-order valence-corrected chi connectivity index (χ0v) is 13.4. The molecule has 1 aliphatic heterocycles. The van der Waals surface area contributed by atoms with Gasteiger partial charge < -0.3 is 10.1 Å². The van der Waals surface area contributed by atoms with E-state index in [1.54, 1.807) is 20.1 Å². The minimum Gasteiger partial charge on any atom is -0.494 e. The summed E-state index contributed by atoms with van der Waals surface area (Å²) in [5.74, 6) is 1.54. The summed E-state index contributed by atoms with van der Waals surface area (Å²) < 4.78 is 31.4. The number of ether oxygens (including phenoxy) is 1. The van der Waals surface area contributed by atoms with Crippen molar-refractivity contribution in [2.45, 2.75) is 20.3 Å². The monoisotopic (exact) mass is 311 g/mol. The number of nitrogens with one attached hydrogen (secondary N) is 2. The molecule has 7 heteroatoms. The first-order chi connectivity index (χ1) is 9.96. The van der Waals surface area contributed by atoms with Gasteiger partial charge in [0.05, 0.1) is 25.1 Å². The van der Waals surface area contributed by atoms with Gasteiger partial charge in [-0.15, -0.1) is 0 Å². The van der Waals surface area contributed by atoms with Gasteiger partial charge in [-0.3, -0.25) is 9.71 Å². The SMILES string of the molecule is CCS(=O)(=O)Nc1ccc(CC2=NCCN2)c(C)c1OC. The summed E-state index contributed by atoms with van der Waals surface area (Å²) in [6.45, 7) is 5.20. The first-order valence-corrected chi connectivity index (χ1v) is 8.56. The highest BCUT2D eigenvalue weighted by molar-refractivity contribution is 7.92. The number of aliphatic imine (C=N–C) groups is 1. The molecule has 2 rings (SSSR count). The van der Waals surface area contributed by atoms with Crippen LogP contribution < -0.4 is 14.8 Å². The van der Waals surface area contributed by atoms with Crippen molar-refractivity contribution in [3.05, 3.63) is 23.3 Å². The number of amidine groups is 1. The van der Waals surface area contributed by atoms with Gasteiger partial charge in [0.25, 0.3) is 0 Å². The molecule has 1 aromatic carbocycles. The van der Waals surface area contributed by atoms with Gasteiger partial charge in [0, 0.05) is 13.0 Å². The summed E-state index contributed by atoms with van der Waals surface area (Å²) in [6.07, 6.45) is 0.697. The predicted molar refractivity (Wildman–Crippen MR) is 84.8 cm³/mol. The third kappa shape index (κ3) is 3.66. The third-order valence-electron chi connectivity index (χ3n) is 3.47. The maximum atomic E-state index is 11.7. The van der Waals surface area contributed by atoms with Crippen molar-refractivity contribution in [2.24, 2.45) is 4.99 Å². The Balaban J connectivity index is 2.31. The molecule has 21 heavy (non-hydrogen) atoms. The van der Waals surface area contributed by atoms with Crippen LogP contribution in [0.2, 0.25) is 0 Å². The van der Waals surface area contributed by atoms with E-state index in [4.69, 9.17) is 4.74 Å². The molecule has 0 spiro atoms. The molecular formula is C14H21N3O3S. The van der Waals surface area contributed by atoms with Gasteiger partial charge in [-0.05, 0) is 31.0 Å². The molecule has 1 aromatic rings. The topological polar surface area (TPSA) is 79.8 Å². The van der Waals surface area contributed by atoms with E-state index in [9.17, 15) is 8.42 Å². The zero-order valence-electron chi connectivity index (χ0n) is 12.6. The fourth-order valence-electron chi connectivity index (χ4n) is 2.25. The highest BCUT2D eigenvalue weighted by Gasteiger charge is 2.16. The van der Waals surface area contributed by atoms with Crippen LogP contribution in [0.3, 0.4) is 0 Å². The molecule has 0 aromatic heterocycles. The molecule has 0 atom stereocenters. The lowest BCUT2D eigenvalue weighted by Gasteiger charge is -2.16. The second-order valence-corrected chi connectivity index (χ2v) is 6.88. The molecule has 0 aliphatic carbocycles. The van der Waals surface area contributed by atoms with Crippen molar-refractivity contribution in [3.8, 4) is 5.75 Å². The van der Waals surface area contributed by atoms with Crippen LogP contribution in [-0.2, 0) is 16.4 Å². The highest BCUT2D eigenvalue weighted by atomic mass is 32.2. The number of hydrogen-bond donors (Lipinski definition) is 2. The molecule has 0 amide bonds. The van der Waals surface area contributed by atoms with Crippen molar-refractivity contribution >= 4 is 21.5 Å². The van der Waals surface area contributed by atoms with Crippen LogP contribution in [0.25, 0.3) is 0 Å². The lowest BCUT2D eigenvalue weighted by molar-refractivity contribution is 0.413. The van der Waals surface area contributed by atoms with Crippen LogP contribution in [0.5, 0.6) is 5.75 Å². The Morgan fingerprint density at radius 1 is 1.43 bits per heavy atom. The molecular weight excluding hydrogens is 290 g/mol. The van der Waals surface area contributed by atoms with Crippen LogP contribution in [0, 0.1) is 6.92 Å². The Morgan fingerprint density at radius 3 is 2.76 bits per heavy atom. The smallest absolute Gasteiger partial charge is 0.232 e. The zero-order chi connectivity index (χ0) is 15.5. The third-order valence-corrected chi connectivity index (χ3v) is 4.76. The van der Waals surface area contributed by atoms with Gasteiger partial charge in [-0.1, -0.05) is 6.07 Å². The van der Waals surface area contributed by atoms with Crippen molar-refractivity contribution in [2.75, 3.05) is 30.7 Å². The van der Waals surface area contributed by atoms with Crippen molar-refractivity contribution in [3.63, 3.8) is 0 Å². The lowest BCUT2D eigenvalue weighted by Crippen LogP contribution is -2.21. The first kappa shape index (κ1) is 15.6. The summed E-state index contributed by atoms with van der Waals surface area (Å²) in [6, 6.07) is 3.65. The second-order valence-electron chi connectivity index (χ2n) is 4.87. The second kappa shape index (κ2) is 6.34. The summed E-state index contributed by atoms with van der Waals surface area (Å²) in [4.78, 5) is 4.38. The minimum atomic E-state index is -3.32. The molecule has 6 nitrogen and oxygen atoms in total. The Bertz CT molecular complexity index is 654. The van der Waals surface area contributed by atoms with Gasteiger partial charge >= 0.3 is 0 Å². The van der Waals surface area contributed by atoms with Crippen molar-refractivity contribution in [1.82, 2.24) is 5.32 Å². The van der Waals surface area contributed by atoms with E-state index in [-0.39, 0.29) is 5.75 Å². The Kier molecular flexibility index (Phi) is 4.72. The van der Waals surface area contributed by atoms with Crippen LogP contribution in [0.15, 0.2) is 17.1 Å². The lowest BCUT2D eigenvalue weighted by atomic mass is 10.0. The van der Waals surface area contributed by atoms with Crippen LogP contribution in [-0.4, -0.2) is 40.2 Å². The number of rotatable bonds is 6. The first-order valence-electron chi connectivity index (χ1n) is 6.91. The van der Waals surface area contributed by atoms with E-state index < -0.39 is 10.0 Å². The Labute approximate surface area is 125 Å². The van der Waals surface area contributed by atoms with E-state index in [1.165, 1.54) is 0 Å². The molecule has 0 saturated carbocycles. The molecule has 116 valence electrons. The highest BCUT2D eigenvalue weighted by Crippen LogP contribution is 2.32. The van der Waals surface area contributed by atoms with Gasteiger partial charge in [0.2, 0.25) is 10.0 Å². The fraction of sp³-hybridized carbons (Fsp3) is 0.500. The van der Waals surface area contributed by atoms with Crippen LogP contribution in [0.1, 0.15) is 18.1 Å². The van der Waals surface area contributed by atoms with Gasteiger partial charge in [-0.2, -0.15) is 0 Å². The van der Waals surface area contributed by atoms with Crippen molar-refractivity contribution < 1.29 is 13.2 Å². The summed E-state index contributed by atoms with van der Waals surface area (Å²) in [7, 11) is -1.78. The molecule has 0 radical (unpaired) electrons. The largest absolute Gasteiger partial charge is 0.494 e. The summed E-state index contributed by atoms with van der Waals surface area (Å²) in [5.41, 5.74) is 2.46. The standard InChI is InChI=1S/C14H21N3O3S/c1-4-21(18,19)17-12-6-5-11(10(2)14(12)20-3)9-13-15-7-8-16-13/h5-6,17H,4,7-9H2,1-3H3,(H,15,16). The van der Waals surface area contributed by atoms with Crippen LogP contribution in [0.4, 0.5) is 5.69 Å².